The Hall–Kier alpha value is -2.74. The third-order valence-electron chi connectivity index (χ3n) is 5.47. The fraction of sp³-hybridized carbons (Fsp3) is 0.417. The molecular formula is C24H34N4O3. The second-order valence-electron chi connectivity index (χ2n) is 7.73. The maximum atomic E-state index is 10.9. The number of fused-ring (bicyclic) bond motifs is 3. The first-order chi connectivity index (χ1) is 14.9. The molecular weight excluding hydrogens is 392 g/mol. The molecule has 168 valence electrons. The van der Waals surface area contributed by atoms with Crippen LogP contribution in [0.3, 0.4) is 0 Å². The van der Waals surface area contributed by atoms with Gasteiger partial charge in [-0.2, -0.15) is 0 Å². The Kier molecular flexibility index (Phi) is 9.65. The van der Waals surface area contributed by atoms with Gasteiger partial charge < -0.3 is 26.9 Å². The number of nitrogens with two attached hydrogens (primary N) is 3. The van der Waals surface area contributed by atoms with Crippen molar-refractivity contribution in [2.24, 2.45) is 17.2 Å². The van der Waals surface area contributed by atoms with Crippen LogP contribution in [0.2, 0.25) is 0 Å². The molecule has 1 aliphatic rings. The minimum atomic E-state index is -1.05. The number of aryl methyl sites for hydroxylation is 1. The Morgan fingerprint density at radius 1 is 1.13 bits per heavy atom. The molecule has 1 heterocycles. The van der Waals surface area contributed by atoms with E-state index in [1.165, 1.54) is 48.5 Å². The van der Waals surface area contributed by atoms with Crippen molar-refractivity contribution in [1.82, 2.24) is 4.57 Å². The molecule has 1 aliphatic carbocycles. The topological polar surface area (TPSA) is 137 Å². The van der Waals surface area contributed by atoms with Crippen LogP contribution >= 0.6 is 0 Å². The molecule has 0 spiro atoms. The molecule has 0 aliphatic heterocycles. The molecule has 2 aromatic carbocycles. The van der Waals surface area contributed by atoms with Crippen LogP contribution in [0.25, 0.3) is 21.8 Å². The van der Waals surface area contributed by atoms with E-state index in [9.17, 15) is 9.59 Å². The zero-order valence-corrected chi connectivity index (χ0v) is 18.2. The summed E-state index contributed by atoms with van der Waals surface area (Å²) >= 11 is 0. The maximum absolute atomic E-state index is 10.9. The van der Waals surface area contributed by atoms with E-state index < -0.39 is 12.0 Å². The van der Waals surface area contributed by atoms with Gasteiger partial charge >= 0.3 is 5.97 Å². The lowest BCUT2D eigenvalue weighted by Crippen LogP contribution is -2.37. The van der Waals surface area contributed by atoms with Crippen LogP contribution in [0.15, 0.2) is 42.5 Å². The monoisotopic (exact) mass is 426 g/mol. The normalized spacial score (nSPS) is 14.8. The van der Waals surface area contributed by atoms with Crippen molar-refractivity contribution in [2.75, 3.05) is 6.54 Å². The molecule has 1 fully saturated rings. The van der Waals surface area contributed by atoms with E-state index in [1.54, 1.807) is 0 Å². The Balaban J connectivity index is 0.000000203. The summed E-state index contributed by atoms with van der Waals surface area (Å²) in [5.41, 5.74) is 18.5. The molecule has 1 saturated carbocycles. The van der Waals surface area contributed by atoms with Crippen molar-refractivity contribution in [3.8, 4) is 0 Å². The summed E-state index contributed by atoms with van der Waals surface area (Å²) in [6, 6.07) is 13.8. The molecule has 31 heavy (non-hydrogen) atoms. The lowest BCUT2D eigenvalue weighted by molar-refractivity contribution is -0.138. The molecule has 7 nitrogen and oxygen atoms in total. The highest BCUT2D eigenvalue weighted by Crippen LogP contribution is 2.29. The molecule has 0 radical (unpaired) electrons. The number of hydrogen-bond acceptors (Lipinski definition) is 5. The number of aliphatic carboxylic acids is 1. The molecule has 7 heteroatoms. The Morgan fingerprint density at radius 3 is 2.26 bits per heavy atom. The zero-order chi connectivity index (χ0) is 22.8. The SMILES string of the molecule is CCn1c2ccccc2c2cc(C=O)ccc21.NC1CCCCC1.NCC(N)C(=O)O. The van der Waals surface area contributed by atoms with Crippen molar-refractivity contribution < 1.29 is 14.7 Å². The molecule has 7 N–H and O–H groups in total. The van der Waals surface area contributed by atoms with Crippen LogP contribution in [0.1, 0.15) is 49.4 Å². The van der Waals surface area contributed by atoms with E-state index in [-0.39, 0.29) is 6.54 Å². The average molecular weight is 427 g/mol. The number of aromatic nitrogens is 1. The van der Waals surface area contributed by atoms with Crippen LogP contribution in [0.5, 0.6) is 0 Å². The lowest BCUT2D eigenvalue weighted by Gasteiger charge is -2.15. The largest absolute Gasteiger partial charge is 0.480 e. The zero-order valence-electron chi connectivity index (χ0n) is 18.2. The summed E-state index contributed by atoms with van der Waals surface area (Å²) in [4.78, 5) is 20.6. The van der Waals surface area contributed by atoms with E-state index >= 15 is 0 Å². The van der Waals surface area contributed by atoms with Gasteiger partial charge in [-0.05, 0) is 44.0 Å². The fourth-order valence-electron chi connectivity index (χ4n) is 3.72. The van der Waals surface area contributed by atoms with Crippen LogP contribution < -0.4 is 17.2 Å². The van der Waals surface area contributed by atoms with Gasteiger partial charge in [0.2, 0.25) is 0 Å². The number of carboxylic acid groups (broad SMARTS) is 1. The summed E-state index contributed by atoms with van der Waals surface area (Å²) in [7, 11) is 0. The molecule has 1 aromatic heterocycles. The van der Waals surface area contributed by atoms with Crippen LogP contribution in [0.4, 0.5) is 0 Å². The Morgan fingerprint density at radius 2 is 1.77 bits per heavy atom. The molecule has 1 atom stereocenters. The van der Waals surface area contributed by atoms with Gasteiger partial charge in [0.25, 0.3) is 0 Å². The smallest absolute Gasteiger partial charge is 0.321 e. The molecule has 0 saturated heterocycles. The summed E-state index contributed by atoms with van der Waals surface area (Å²) in [5, 5.41) is 10.4. The molecule has 0 amide bonds. The second-order valence-corrected chi connectivity index (χ2v) is 7.73. The van der Waals surface area contributed by atoms with Crippen LogP contribution in [0, 0.1) is 0 Å². The number of carbonyl (C=O) groups is 2. The first kappa shape index (κ1) is 24.5. The van der Waals surface area contributed by atoms with Crippen molar-refractivity contribution in [2.45, 2.75) is 57.7 Å². The number of para-hydroxylation sites is 1. The van der Waals surface area contributed by atoms with Crippen molar-refractivity contribution >= 4 is 34.1 Å². The van der Waals surface area contributed by atoms with Gasteiger partial charge in [0.15, 0.2) is 0 Å². The van der Waals surface area contributed by atoms with Crippen LogP contribution in [-0.4, -0.2) is 40.6 Å². The van der Waals surface area contributed by atoms with Crippen LogP contribution in [-0.2, 0) is 11.3 Å². The number of hydrogen-bond donors (Lipinski definition) is 4. The molecule has 4 rings (SSSR count). The van der Waals surface area contributed by atoms with Gasteiger partial charge in [-0.3, -0.25) is 9.59 Å². The van der Waals surface area contributed by atoms with Crippen molar-refractivity contribution in [3.63, 3.8) is 0 Å². The standard InChI is InChI=1S/C15H13NO.C6H13N.C3H8N2O2/c1-2-16-14-6-4-3-5-12(14)13-9-11(10-17)7-8-15(13)16;7-6-4-2-1-3-5-6;4-1-2(5)3(6)7/h3-10H,2H2,1H3;6H,1-5,7H2;2H,1,4-5H2,(H,6,7). The summed E-state index contributed by atoms with van der Waals surface area (Å²) in [6.45, 7) is 3.07. The van der Waals surface area contributed by atoms with E-state index in [4.69, 9.17) is 22.3 Å². The minimum Gasteiger partial charge on any atom is -0.480 e. The third kappa shape index (κ3) is 6.62. The van der Waals surface area contributed by atoms with E-state index in [1.807, 2.05) is 30.3 Å². The second kappa shape index (κ2) is 12.2. The minimum absolute atomic E-state index is 0.00463. The molecule has 1 unspecified atom stereocenters. The first-order valence-corrected chi connectivity index (χ1v) is 10.8. The maximum Gasteiger partial charge on any atom is 0.321 e. The quantitative estimate of drug-likeness (QED) is 0.473. The number of nitrogens with zero attached hydrogens (tertiary/aromatic N) is 1. The van der Waals surface area contributed by atoms with Crippen molar-refractivity contribution in [3.05, 3.63) is 48.0 Å². The lowest BCUT2D eigenvalue weighted by atomic mass is 9.97. The van der Waals surface area contributed by atoms with Gasteiger partial charge in [-0.1, -0.05) is 37.5 Å². The van der Waals surface area contributed by atoms with E-state index in [2.05, 4.69) is 23.6 Å². The average Bonchev–Trinajstić information content (AvgIpc) is 3.12. The predicted octanol–water partition coefficient (Wildman–Crippen LogP) is 3.26. The highest BCUT2D eigenvalue weighted by Gasteiger charge is 2.09. The van der Waals surface area contributed by atoms with Gasteiger partial charge in [-0.25, -0.2) is 0 Å². The number of aldehydes is 1. The summed E-state index contributed by atoms with van der Waals surface area (Å²) in [5.74, 6) is -1.05. The first-order valence-electron chi connectivity index (χ1n) is 10.8. The molecule has 0 bridgehead atoms. The van der Waals surface area contributed by atoms with Gasteiger partial charge in [0.1, 0.15) is 12.3 Å². The highest BCUT2D eigenvalue weighted by molar-refractivity contribution is 6.09. The number of benzene rings is 2. The number of carboxylic acids is 1. The molecule has 3 aromatic rings. The highest BCUT2D eigenvalue weighted by atomic mass is 16.4. The fourth-order valence-corrected chi connectivity index (χ4v) is 3.72. The van der Waals surface area contributed by atoms with Gasteiger partial charge in [-0.15, -0.1) is 0 Å². The predicted molar refractivity (Wildman–Crippen MR) is 126 cm³/mol. The van der Waals surface area contributed by atoms with E-state index in [0.29, 0.717) is 6.04 Å². The van der Waals surface area contributed by atoms with Crippen molar-refractivity contribution in [1.29, 1.82) is 0 Å². The Labute approximate surface area is 183 Å². The number of rotatable bonds is 4. The van der Waals surface area contributed by atoms with Gasteiger partial charge in [0, 0.05) is 46.5 Å². The van der Waals surface area contributed by atoms with Gasteiger partial charge in [0.05, 0.1) is 0 Å². The summed E-state index contributed by atoms with van der Waals surface area (Å²) in [6.07, 6.45) is 7.56. The third-order valence-corrected chi connectivity index (χ3v) is 5.47. The van der Waals surface area contributed by atoms with E-state index in [0.717, 1.165) is 23.8 Å². The Bertz CT molecular complexity index is 993. The number of carbonyl (C=O) groups excluding carboxylic acids is 1. The summed E-state index contributed by atoms with van der Waals surface area (Å²) < 4.78 is 2.28.